The van der Waals surface area contributed by atoms with Gasteiger partial charge in [-0.3, -0.25) is 9.80 Å². The standard InChI is InChI=1S/C22H34N2O/c1-2-3-14-25-22(24-12-8-5-9-13-24)21-19-16-23(17-20(19)21)15-18-10-6-4-7-11-18/h4,6-7,10-11,19-22H,2-3,5,8-9,12-17H2,1H3. The lowest BCUT2D eigenvalue weighted by Crippen LogP contribution is -2.44. The van der Waals surface area contributed by atoms with Gasteiger partial charge in [-0.1, -0.05) is 50.1 Å². The number of benzene rings is 1. The van der Waals surface area contributed by atoms with Crippen molar-refractivity contribution in [3.63, 3.8) is 0 Å². The largest absolute Gasteiger partial charge is 0.363 e. The summed E-state index contributed by atoms with van der Waals surface area (Å²) in [6.07, 6.45) is 6.95. The summed E-state index contributed by atoms with van der Waals surface area (Å²) < 4.78 is 6.44. The van der Waals surface area contributed by atoms with E-state index in [2.05, 4.69) is 47.1 Å². The van der Waals surface area contributed by atoms with Crippen molar-refractivity contribution in [3.05, 3.63) is 35.9 Å². The molecule has 2 aliphatic heterocycles. The quantitative estimate of drug-likeness (QED) is 0.664. The van der Waals surface area contributed by atoms with E-state index >= 15 is 0 Å². The number of hydrogen-bond acceptors (Lipinski definition) is 3. The van der Waals surface area contributed by atoms with Crippen LogP contribution < -0.4 is 0 Å². The fraction of sp³-hybridized carbons (Fsp3) is 0.727. The van der Waals surface area contributed by atoms with E-state index in [0.29, 0.717) is 6.23 Å². The molecule has 25 heavy (non-hydrogen) atoms. The van der Waals surface area contributed by atoms with Crippen molar-refractivity contribution in [2.75, 3.05) is 32.8 Å². The first kappa shape index (κ1) is 17.5. The average molecular weight is 343 g/mol. The van der Waals surface area contributed by atoms with Gasteiger partial charge in [0.05, 0.1) is 0 Å². The number of ether oxygens (including phenoxy) is 1. The van der Waals surface area contributed by atoms with Crippen LogP contribution in [-0.2, 0) is 11.3 Å². The number of rotatable bonds is 8. The number of hydrogen-bond donors (Lipinski definition) is 0. The molecule has 138 valence electrons. The van der Waals surface area contributed by atoms with E-state index in [1.165, 1.54) is 63.8 Å². The Morgan fingerprint density at radius 3 is 2.44 bits per heavy atom. The average Bonchev–Trinajstić information content (AvgIpc) is 3.14. The monoisotopic (exact) mass is 342 g/mol. The van der Waals surface area contributed by atoms with Crippen molar-refractivity contribution in [1.29, 1.82) is 0 Å². The van der Waals surface area contributed by atoms with Crippen LogP contribution in [0.25, 0.3) is 0 Å². The molecule has 0 spiro atoms. The van der Waals surface area contributed by atoms with Crippen LogP contribution in [0.15, 0.2) is 30.3 Å². The lowest BCUT2D eigenvalue weighted by Gasteiger charge is -2.36. The van der Waals surface area contributed by atoms with Crippen molar-refractivity contribution in [2.24, 2.45) is 17.8 Å². The van der Waals surface area contributed by atoms with E-state index in [9.17, 15) is 0 Å². The second kappa shape index (κ2) is 8.20. The molecular weight excluding hydrogens is 308 g/mol. The highest BCUT2D eigenvalue weighted by Gasteiger charge is 2.60. The molecule has 0 radical (unpaired) electrons. The molecule has 1 aromatic rings. The fourth-order valence-corrected chi connectivity index (χ4v) is 5.03. The fourth-order valence-electron chi connectivity index (χ4n) is 5.03. The summed E-state index contributed by atoms with van der Waals surface area (Å²) in [7, 11) is 0. The lowest BCUT2D eigenvalue weighted by molar-refractivity contribution is -0.0888. The first-order valence-corrected chi connectivity index (χ1v) is 10.5. The smallest absolute Gasteiger partial charge is 0.114 e. The van der Waals surface area contributed by atoms with Crippen LogP contribution in [0.2, 0.25) is 0 Å². The summed E-state index contributed by atoms with van der Waals surface area (Å²) in [5.41, 5.74) is 1.45. The van der Waals surface area contributed by atoms with Gasteiger partial charge < -0.3 is 4.74 Å². The highest BCUT2D eigenvalue weighted by molar-refractivity contribution is 5.16. The van der Waals surface area contributed by atoms with Gasteiger partial charge in [0.25, 0.3) is 0 Å². The second-order valence-electron chi connectivity index (χ2n) is 8.30. The Balaban J connectivity index is 1.32. The van der Waals surface area contributed by atoms with Crippen molar-refractivity contribution in [3.8, 4) is 0 Å². The predicted octanol–water partition coefficient (Wildman–Crippen LogP) is 3.99. The van der Waals surface area contributed by atoms with Crippen LogP contribution in [0.4, 0.5) is 0 Å². The van der Waals surface area contributed by atoms with Crippen molar-refractivity contribution >= 4 is 0 Å². The lowest BCUT2D eigenvalue weighted by atomic mass is 10.1. The Kier molecular flexibility index (Phi) is 5.74. The summed E-state index contributed by atoms with van der Waals surface area (Å²) in [5.74, 6) is 2.54. The third-order valence-corrected chi connectivity index (χ3v) is 6.45. The summed E-state index contributed by atoms with van der Waals surface area (Å²) >= 11 is 0. The number of likely N-dealkylation sites (tertiary alicyclic amines) is 2. The molecule has 0 N–H and O–H groups in total. The maximum atomic E-state index is 6.44. The van der Waals surface area contributed by atoms with Crippen molar-refractivity contribution in [1.82, 2.24) is 9.80 Å². The van der Waals surface area contributed by atoms with Crippen molar-refractivity contribution < 1.29 is 4.74 Å². The summed E-state index contributed by atoms with van der Waals surface area (Å²) in [5, 5.41) is 0. The van der Waals surface area contributed by atoms with E-state index in [1.807, 2.05) is 0 Å². The Labute approximate surface area is 153 Å². The topological polar surface area (TPSA) is 15.7 Å². The van der Waals surface area contributed by atoms with Gasteiger partial charge in [0.1, 0.15) is 6.23 Å². The molecule has 1 aliphatic carbocycles. The Morgan fingerprint density at radius 1 is 1.04 bits per heavy atom. The molecule has 0 amide bonds. The van der Waals surface area contributed by atoms with E-state index in [-0.39, 0.29) is 0 Å². The van der Waals surface area contributed by atoms with Crippen LogP contribution in [0.1, 0.15) is 44.6 Å². The molecule has 1 saturated carbocycles. The van der Waals surface area contributed by atoms with Gasteiger partial charge in [-0.15, -0.1) is 0 Å². The Hall–Kier alpha value is -0.900. The molecule has 4 rings (SSSR count). The van der Waals surface area contributed by atoms with E-state index in [4.69, 9.17) is 4.74 Å². The number of nitrogens with zero attached hydrogens (tertiary/aromatic N) is 2. The van der Waals surface area contributed by atoms with Gasteiger partial charge in [-0.05, 0) is 36.7 Å². The molecule has 2 heterocycles. The van der Waals surface area contributed by atoms with Gasteiger partial charge >= 0.3 is 0 Å². The highest BCUT2D eigenvalue weighted by Crippen LogP contribution is 2.55. The normalized spacial score (nSPS) is 31.0. The SMILES string of the molecule is CCCCOC(C1C2CN(Cc3ccccc3)CC21)N1CCCCC1. The minimum atomic E-state index is 0.403. The van der Waals surface area contributed by atoms with Crippen LogP contribution in [0.3, 0.4) is 0 Å². The number of fused-ring (bicyclic) bond motifs is 1. The van der Waals surface area contributed by atoms with Gasteiger partial charge in [-0.2, -0.15) is 0 Å². The van der Waals surface area contributed by atoms with Crippen molar-refractivity contribution in [2.45, 2.75) is 51.8 Å². The Bertz CT molecular complexity index is 516. The molecule has 3 fully saturated rings. The predicted molar refractivity (Wildman–Crippen MR) is 102 cm³/mol. The van der Waals surface area contributed by atoms with Crippen LogP contribution >= 0.6 is 0 Å². The van der Waals surface area contributed by atoms with E-state index in [0.717, 1.165) is 30.9 Å². The second-order valence-corrected chi connectivity index (χ2v) is 8.30. The molecule has 3 aliphatic rings. The first-order chi connectivity index (χ1) is 12.4. The minimum Gasteiger partial charge on any atom is -0.363 e. The first-order valence-electron chi connectivity index (χ1n) is 10.5. The molecule has 3 atom stereocenters. The van der Waals surface area contributed by atoms with Gasteiger partial charge in [0.2, 0.25) is 0 Å². The summed E-state index contributed by atoms with van der Waals surface area (Å²) in [6.45, 7) is 9.36. The Morgan fingerprint density at radius 2 is 1.76 bits per heavy atom. The maximum Gasteiger partial charge on any atom is 0.114 e. The molecule has 3 heteroatoms. The molecule has 3 unspecified atom stereocenters. The molecule has 1 aromatic carbocycles. The molecular formula is C22H34N2O. The molecule has 2 saturated heterocycles. The highest BCUT2D eigenvalue weighted by atomic mass is 16.5. The van der Waals surface area contributed by atoms with E-state index < -0.39 is 0 Å². The third-order valence-electron chi connectivity index (χ3n) is 6.45. The molecule has 0 aromatic heterocycles. The van der Waals surface area contributed by atoms with Crippen LogP contribution in [0.5, 0.6) is 0 Å². The number of piperidine rings is 2. The van der Waals surface area contributed by atoms with Crippen LogP contribution in [-0.4, -0.2) is 48.8 Å². The molecule has 0 bridgehead atoms. The zero-order valence-corrected chi connectivity index (χ0v) is 15.8. The van der Waals surface area contributed by atoms with Gasteiger partial charge in [0, 0.05) is 45.2 Å². The van der Waals surface area contributed by atoms with E-state index in [1.54, 1.807) is 0 Å². The zero-order valence-electron chi connectivity index (χ0n) is 15.8. The minimum absolute atomic E-state index is 0.403. The van der Waals surface area contributed by atoms with Gasteiger partial charge in [0.15, 0.2) is 0 Å². The van der Waals surface area contributed by atoms with Crippen LogP contribution in [0, 0.1) is 17.8 Å². The molecule has 3 nitrogen and oxygen atoms in total. The summed E-state index contributed by atoms with van der Waals surface area (Å²) in [4.78, 5) is 5.32. The number of unbranched alkanes of at least 4 members (excludes halogenated alkanes) is 1. The summed E-state index contributed by atoms with van der Waals surface area (Å²) in [6, 6.07) is 10.9. The maximum absolute atomic E-state index is 6.44. The van der Waals surface area contributed by atoms with Gasteiger partial charge in [-0.25, -0.2) is 0 Å². The zero-order chi connectivity index (χ0) is 17.1. The third kappa shape index (κ3) is 4.10.